The number of fused-ring (bicyclic) bond motifs is 1. The van der Waals surface area contributed by atoms with Gasteiger partial charge in [-0.1, -0.05) is 36.7 Å². The molecule has 2 atom stereocenters. The summed E-state index contributed by atoms with van der Waals surface area (Å²) in [5.74, 6) is 0.365. The van der Waals surface area contributed by atoms with Crippen molar-refractivity contribution in [3.05, 3.63) is 34.6 Å². The molecule has 1 aromatic carbocycles. The molecule has 2 fully saturated rings. The third-order valence-electron chi connectivity index (χ3n) is 5.56. The smallest absolute Gasteiger partial charge is 0.262 e. The normalized spacial score (nSPS) is 23.4. The lowest BCUT2D eigenvalue weighted by molar-refractivity contribution is -0.140. The molecule has 6 nitrogen and oxygen atoms in total. The van der Waals surface area contributed by atoms with Gasteiger partial charge in [-0.05, 0) is 38.8 Å². The quantitative estimate of drug-likeness (QED) is 0.581. The van der Waals surface area contributed by atoms with Gasteiger partial charge in [-0.2, -0.15) is 0 Å². The second-order valence-electron chi connectivity index (χ2n) is 7.87. The summed E-state index contributed by atoms with van der Waals surface area (Å²) in [6, 6.07) is 7.66. The molecular weight excluding hydrogens is 374 g/mol. The van der Waals surface area contributed by atoms with E-state index in [1.165, 1.54) is 11.8 Å². The minimum atomic E-state index is 0.0149. The molecule has 150 valence electrons. The molecule has 1 saturated heterocycles. The Morgan fingerprint density at radius 2 is 1.86 bits per heavy atom. The second-order valence-corrected chi connectivity index (χ2v) is 8.81. The topological polar surface area (TPSA) is 64.4 Å². The maximum atomic E-state index is 13.2. The number of carbonyl (C=O) groups is 1. The molecule has 0 N–H and O–H groups in total. The zero-order valence-corrected chi connectivity index (χ0v) is 17.3. The summed E-state index contributed by atoms with van der Waals surface area (Å²) >= 11 is 1.39. The number of para-hydroxylation sites is 1. The number of ether oxygens (including phenoxy) is 1. The van der Waals surface area contributed by atoms with E-state index < -0.39 is 0 Å². The number of thioether (sulfide) groups is 1. The molecule has 4 rings (SSSR count). The highest BCUT2D eigenvalue weighted by Crippen LogP contribution is 2.32. The van der Waals surface area contributed by atoms with Gasteiger partial charge in [0.25, 0.3) is 5.56 Å². The Bertz CT molecular complexity index is 913. The molecule has 28 heavy (non-hydrogen) atoms. The van der Waals surface area contributed by atoms with Gasteiger partial charge in [-0.25, -0.2) is 4.98 Å². The summed E-state index contributed by atoms with van der Waals surface area (Å²) in [6.45, 7) is 5.21. The van der Waals surface area contributed by atoms with E-state index in [9.17, 15) is 9.59 Å². The largest absolute Gasteiger partial charge is 0.372 e. The first-order valence-corrected chi connectivity index (χ1v) is 11.1. The highest BCUT2D eigenvalue weighted by atomic mass is 32.2. The number of benzene rings is 1. The summed E-state index contributed by atoms with van der Waals surface area (Å²) in [4.78, 5) is 32.6. The van der Waals surface area contributed by atoms with Crippen LogP contribution in [0.2, 0.25) is 0 Å². The summed E-state index contributed by atoms with van der Waals surface area (Å²) in [7, 11) is 0. The number of carbonyl (C=O) groups excluding carboxylic acids is 1. The number of hydrogen-bond donors (Lipinski definition) is 0. The lowest BCUT2D eigenvalue weighted by Crippen LogP contribution is -2.48. The van der Waals surface area contributed by atoms with Crippen molar-refractivity contribution in [3.63, 3.8) is 0 Å². The fraction of sp³-hybridized carbons (Fsp3) is 0.571. The summed E-state index contributed by atoms with van der Waals surface area (Å²) < 4.78 is 7.57. The predicted octanol–water partition coefficient (Wildman–Crippen LogP) is 3.24. The highest BCUT2D eigenvalue weighted by molar-refractivity contribution is 7.99. The van der Waals surface area contributed by atoms with Gasteiger partial charge in [0.15, 0.2) is 5.16 Å². The lowest BCUT2D eigenvalue weighted by Gasteiger charge is -2.35. The molecular formula is C21H27N3O3S. The van der Waals surface area contributed by atoms with E-state index in [-0.39, 0.29) is 35.5 Å². The van der Waals surface area contributed by atoms with Crippen molar-refractivity contribution in [1.82, 2.24) is 14.5 Å². The molecule has 0 spiro atoms. The van der Waals surface area contributed by atoms with E-state index in [1.807, 2.05) is 47.6 Å². The molecule has 7 heteroatoms. The van der Waals surface area contributed by atoms with Crippen LogP contribution < -0.4 is 5.56 Å². The van der Waals surface area contributed by atoms with Crippen LogP contribution in [0.5, 0.6) is 0 Å². The number of amides is 1. The van der Waals surface area contributed by atoms with Crippen molar-refractivity contribution >= 4 is 28.6 Å². The van der Waals surface area contributed by atoms with Gasteiger partial charge in [-0.15, -0.1) is 0 Å². The maximum Gasteiger partial charge on any atom is 0.262 e. The Kier molecular flexibility index (Phi) is 5.73. The minimum Gasteiger partial charge on any atom is -0.372 e. The van der Waals surface area contributed by atoms with Gasteiger partial charge < -0.3 is 9.64 Å². The number of aromatic nitrogens is 2. The average Bonchev–Trinajstić information content (AvgIpc) is 3.19. The molecule has 2 aliphatic rings. The molecule has 1 aliphatic heterocycles. The lowest BCUT2D eigenvalue weighted by atomic mass is 10.2. The zero-order chi connectivity index (χ0) is 19.7. The maximum absolute atomic E-state index is 13.2. The van der Waals surface area contributed by atoms with Crippen molar-refractivity contribution < 1.29 is 9.53 Å². The fourth-order valence-electron chi connectivity index (χ4n) is 4.31. The zero-order valence-electron chi connectivity index (χ0n) is 16.5. The first-order valence-electron chi connectivity index (χ1n) is 10.1. The molecule has 2 heterocycles. The molecule has 1 aromatic heterocycles. The molecule has 0 unspecified atom stereocenters. The van der Waals surface area contributed by atoms with Crippen LogP contribution in [0.4, 0.5) is 0 Å². The van der Waals surface area contributed by atoms with Crippen LogP contribution in [0.25, 0.3) is 10.9 Å². The van der Waals surface area contributed by atoms with Crippen LogP contribution in [0, 0.1) is 0 Å². The van der Waals surface area contributed by atoms with E-state index in [4.69, 9.17) is 9.72 Å². The standard InChI is InChI=1S/C21H27N3O3S/c1-14-11-23(12-15(2)27-14)19(25)13-28-21-22-18-10-6-5-9-17(18)20(26)24(21)16-7-3-4-8-16/h5-6,9-10,14-16H,3-4,7-8,11-13H2,1-2H3/t14-,15-/m1/s1. The summed E-state index contributed by atoms with van der Waals surface area (Å²) in [5, 5.41) is 1.32. The number of morpholine rings is 1. The first-order chi connectivity index (χ1) is 13.5. The molecule has 0 bridgehead atoms. The molecule has 1 amide bonds. The minimum absolute atomic E-state index is 0.0149. The first kappa shape index (κ1) is 19.5. The van der Waals surface area contributed by atoms with Gasteiger partial charge in [0.1, 0.15) is 0 Å². The Hall–Kier alpha value is -1.86. The molecule has 1 saturated carbocycles. The van der Waals surface area contributed by atoms with E-state index >= 15 is 0 Å². The number of nitrogens with zero attached hydrogens (tertiary/aromatic N) is 3. The van der Waals surface area contributed by atoms with Gasteiger partial charge >= 0.3 is 0 Å². The van der Waals surface area contributed by atoms with E-state index in [1.54, 1.807) is 0 Å². The van der Waals surface area contributed by atoms with Crippen LogP contribution in [-0.2, 0) is 9.53 Å². The van der Waals surface area contributed by atoms with Crippen molar-refractivity contribution in [2.75, 3.05) is 18.8 Å². The van der Waals surface area contributed by atoms with Crippen LogP contribution in [0.1, 0.15) is 45.6 Å². The fourth-order valence-corrected chi connectivity index (χ4v) is 5.28. The van der Waals surface area contributed by atoms with Crippen molar-refractivity contribution in [2.24, 2.45) is 0 Å². The van der Waals surface area contributed by atoms with Crippen molar-refractivity contribution in [1.29, 1.82) is 0 Å². The predicted molar refractivity (Wildman–Crippen MR) is 111 cm³/mol. The molecule has 2 aromatic rings. The Morgan fingerprint density at radius 1 is 1.18 bits per heavy atom. The van der Waals surface area contributed by atoms with E-state index in [0.717, 1.165) is 25.7 Å². The van der Waals surface area contributed by atoms with Gasteiger partial charge in [-0.3, -0.25) is 14.2 Å². The Morgan fingerprint density at radius 3 is 2.57 bits per heavy atom. The van der Waals surface area contributed by atoms with Crippen LogP contribution in [0.15, 0.2) is 34.2 Å². The van der Waals surface area contributed by atoms with Gasteiger partial charge in [0.2, 0.25) is 5.91 Å². The third-order valence-corrected chi connectivity index (χ3v) is 6.50. The molecule has 0 radical (unpaired) electrons. The second kappa shape index (κ2) is 8.25. The van der Waals surface area contributed by atoms with Crippen LogP contribution in [0.3, 0.4) is 0 Å². The van der Waals surface area contributed by atoms with Gasteiger partial charge in [0.05, 0.1) is 28.9 Å². The Balaban J connectivity index is 1.59. The SMILES string of the molecule is C[C@@H]1CN(C(=O)CSc2nc3ccccc3c(=O)n2C2CCCC2)C[C@@H](C)O1. The Labute approximate surface area is 169 Å². The van der Waals surface area contributed by atoms with Crippen LogP contribution in [-0.4, -0.2) is 51.4 Å². The molecule has 1 aliphatic carbocycles. The third kappa shape index (κ3) is 3.96. The monoisotopic (exact) mass is 401 g/mol. The van der Waals surface area contributed by atoms with Gasteiger partial charge in [0, 0.05) is 19.1 Å². The van der Waals surface area contributed by atoms with Crippen molar-refractivity contribution in [3.8, 4) is 0 Å². The van der Waals surface area contributed by atoms with Crippen LogP contribution >= 0.6 is 11.8 Å². The number of rotatable bonds is 4. The summed E-state index contributed by atoms with van der Waals surface area (Å²) in [5.41, 5.74) is 0.714. The van der Waals surface area contributed by atoms with E-state index in [0.29, 0.717) is 29.1 Å². The summed E-state index contributed by atoms with van der Waals surface area (Å²) in [6.07, 6.45) is 4.37. The number of hydrogen-bond acceptors (Lipinski definition) is 5. The van der Waals surface area contributed by atoms with Crippen molar-refractivity contribution in [2.45, 2.75) is 62.9 Å². The highest BCUT2D eigenvalue weighted by Gasteiger charge is 2.27. The average molecular weight is 402 g/mol. The van der Waals surface area contributed by atoms with E-state index in [2.05, 4.69) is 0 Å².